The molecule has 1 N–H and O–H groups in total. The van der Waals surface area contributed by atoms with Crippen LogP contribution in [0.4, 0.5) is 0 Å². The van der Waals surface area contributed by atoms with Gasteiger partial charge in [-0.1, -0.05) is 5.16 Å². The van der Waals surface area contributed by atoms with Gasteiger partial charge in [0.25, 0.3) is 0 Å². The van der Waals surface area contributed by atoms with Crippen LogP contribution >= 0.6 is 0 Å². The lowest BCUT2D eigenvalue weighted by Crippen LogP contribution is -2.43. The van der Waals surface area contributed by atoms with Gasteiger partial charge in [0.2, 0.25) is 27.6 Å². The first-order valence-electron chi connectivity index (χ1n) is 8.49. The number of nitrogens with zero attached hydrogens (tertiary/aromatic N) is 3. The molecule has 1 aliphatic heterocycles. The van der Waals surface area contributed by atoms with E-state index in [1.54, 1.807) is 12.1 Å². The smallest absolute Gasteiger partial charge is 0.238 e. The van der Waals surface area contributed by atoms with Gasteiger partial charge >= 0.3 is 0 Å². The third kappa shape index (κ3) is 4.93. The molecular weight excluding hydrogens is 376 g/mol. The van der Waals surface area contributed by atoms with Crippen LogP contribution in [0.5, 0.6) is 0 Å². The molecule has 27 heavy (non-hydrogen) atoms. The average Bonchev–Trinajstić information content (AvgIpc) is 3.34. The molecule has 0 saturated carbocycles. The SMILES string of the molecule is CN(C)S(=O)(=O)C[C@@H]1COC[C@@H]1NC(=O)CCc1nc(-c2ccco2)no1. The lowest BCUT2D eigenvalue weighted by molar-refractivity contribution is -0.122. The van der Waals surface area contributed by atoms with E-state index in [0.717, 1.165) is 0 Å². The predicted molar refractivity (Wildman–Crippen MR) is 94.0 cm³/mol. The minimum atomic E-state index is -3.36. The maximum atomic E-state index is 12.2. The van der Waals surface area contributed by atoms with Gasteiger partial charge in [-0.2, -0.15) is 4.98 Å². The highest BCUT2D eigenvalue weighted by molar-refractivity contribution is 7.89. The number of sulfonamides is 1. The number of rotatable bonds is 8. The second kappa shape index (κ2) is 8.19. The molecule has 1 fully saturated rings. The van der Waals surface area contributed by atoms with Gasteiger partial charge in [0.15, 0.2) is 5.76 Å². The van der Waals surface area contributed by atoms with Crippen LogP contribution in [0.15, 0.2) is 27.3 Å². The molecule has 10 nitrogen and oxygen atoms in total. The normalized spacial score (nSPS) is 20.3. The number of carbonyl (C=O) groups excluding carboxylic acids is 1. The zero-order chi connectivity index (χ0) is 19.4. The first kappa shape index (κ1) is 19.5. The predicted octanol–water partition coefficient (Wildman–Crippen LogP) is 0.285. The minimum Gasteiger partial charge on any atom is -0.461 e. The lowest BCUT2D eigenvalue weighted by atomic mass is 10.1. The molecule has 0 aliphatic carbocycles. The van der Waals surface area contributed by atoms with E-state index in [1.807, 2.05) is 0 Å². The first-order valence-corrected chi connectivity index (χ1v) is 10.1. The Kier molecular flexibility index (Phi) is 5.92. The summed E-state index contributed by atoms with van der Waals surface area (Å²) in [6.45, 7) is 0.594. The maximum absolute atomic E-state index is 12.2. The van der Waals surface area contributed by atoms with E-state index < -0.39 is 10.0 Å². The van der Waals surface area contributed by atoms with Gasteiger partial charge in [0, 0.05) is 32.9 Å². The molecule has 0 unspecified atom stereocenters. The number of hydrogen-bond acceptors (Lipinski definition) is 8. The molecule has 1 amide bonds. The summed E-state index contributed by atoms with van der Waals surface area (Å²) in [6, 6.07) is 3.09. The fourth-order valence-corrected chi connectivity index (χ4v) is 3.87. The molecule has 0 aromatic carbocycles. The van der Waals surface area contributed by atoms with Crippen molar-refractivity contribution < 1.29 is 26.9 Å². The van der Waals surface area contributed by atoms with Gasteiger partial charge in [-0.3, -0.25) is 4.79 Å². The molecule has 0 bridgehead atoms. The molecule has 1 saturated heterocycles. The van der Waals surface area contributed by atoms with Crippen molar-refractivity contribution >= 4 is 15.9 Å². The van der Waals surface area contributed by atoms with E-state index in [-0.39, 0.29) is 36.5 Å². The highest BCUT2D eigenvalue weighted by Gasteiger charge is 2.34. The Bertz CT molecular complexity index is 861. The fraction of sp³-hybridized carbons (Fsp3) is 0.562. The molecule has 2 aromatic rings. The zero-order valence-electron chi connectivity index (χ0n) is 15.1. The molecule has 1 aliphatic rings. The molecule has 2 aromatic heterocycles. The summed E-state index contributed by atoms with van der Waals surface area (Å²) in [5.41, 5.74) is 0. The fourth-order valence-electron chi connectivity index (χ4n) is 2.70. The molecular formula is C16H22N4O6S. The van der Waals surface area contributed by atoms with E-state index in [9.17, 15) is 13.2 Å². The summed E-state index contributed by atoms with van der Waals surface area (Å²) >= 11 is 0. The van der Waals surface area contributed by atoms with Crippen LogP contribution in [0.2, 0.25) is 0 Å². The molecule has 0 radical (unpaired) electrons. The Morgan fingerprint density at radius 3 is 2.89 bits per heavy atom. The van der Waals surface area contributed by atoms with Crippen LogP contribution in [-0.4, -0.2) is 67.9 Å². The van der Waals surface area contributed by atoms with Gasteiger partial charge in [0.05, 0.1) is 31.3 Å². The maximum Gasteiger partial charge on any atom is 0.238 e. The van der Waals surface area contributed by atoms with Gasteiger partial charge < -0.3 is 19.0 Å². The standard InChI is InChI=1S/C16H22N4O6S/c1-20(2)27(22,23)10-11-8-24-9-12(11)17-14(21)5-6-15-18-16(19-26-15)13-4-3-7-25-13/h3-4,7,11-12H,5-6,8-10H2,1-2H3,(H,17,21)/t11-,12-/m0/s1. The van der Waals surface area contributed by atoms with Gasteiger partial charge in [-0.15, -0.1) is 0 Å². The average molecular weight is 398 g/mol. The van der Waals surface area contributed by atoms with E-state index in [0.29, 0.717) is 30.7 Å². The Hall–Kier alpha value is -2.24. The summed E-state index contributed by atoms with van der Waals surface area (Å²) in [5, 5.41) is 6.65. The van der Waals surface area contributed by atoms with Crippen molar-refractivity contribution in [2.24, 2.45) is 5.92 Å². The van der Waals surface area contributed by atoms with Crippen LogP contribution in [-0.2, 0) is 26.0 Å². The largest absolute Gasteiger partial charge is 0.461 e. The zero-order valence-corrected chi connectivity index (χ0v) is 15.9. The Balaban J connectivity index is 1.50. The number of ether oxygens (including phenoxy) is 1. The van der Waals surface area contributed by atoms with E-state index in [4.69, 9.17) is 13.7 Å². The minimum absolute atomic E-state index is 0.0683. The monoisotopic (exact) mass is 398 g/mol. The Morgan fingerprint density at radius 1 is 1.37 bits per heavy atom. The number of aryl methyl sites for hydroxylation is 1. The van der Waals surface area contributed by atoms with Crippen molar-refractivity contribution in [1.29, 1.82) is 0 Å². The molecule has 3 heterocycles. The van der Waals surface area contributed by atoms with Crippen molar-refractivity contribution in [1.82, 2.24) is 19.8 Å². The van der Waals surface area contributed by atoms with Crippen molar-refractivity contribution in [3.8, 4) is 11.6 Å². The summed E-state index contributed by atoms with van der Waals surface area (Å²) in [6.07, 6.45) is 1.92. The number of furan rings is 1. The van der Waals surface area contributed by atoms with Crippen LogP contribution in [0, 0.1) is 5.92 Å². The number of nitrogens with one attached hydrogen (secondary N) is 1. The van der Waals surface area contributed by atoms with E-state index in [1.165, 1.54) is 24.7 Å². The van der Waals surface area contributed by atoms with Gasteiger partial charge in [-0.25, -0.2) is 12.7 Å². The third-order valence-corrected chi connectivity index (χ3v) is 6.26. The van der Waals surface area contributed by atoms with Gasteiger partial charge in [0.1, 0.15) is 0 Å². The molecule has 3 rings (SSSR count). The lowest BCUT2D eigenvalue weighted by Gasteiger charge is -2.20. The van der Waals surface area contributed by atoms with E-state index >= 15 is 0 Å². The number of hydrogen-bond donors (Lipinski definition) is 1. The molecule has 0 spiro atoms. The topological polar surface area (TPSA) is 128 Å². The van der Waals surface area contributed by atoms with Crippen molar-refractivity contribution in [3.05, 3.63) is 24.3 Å². The van der Waals surface area contributed by atoms with Crippen LogP contribution in [0.25, 0.3) is 11.6 Å². The molecule has 2 atom stereocenters. The molecule has 11 heteroatoms. The Morgan fingerprint density at radius 2 is 2.19 bits per heavy atom. The Labute approximate surface area is 156 Å². The number of aromatic nitrogens is 2. The summed E-state index contributed by atoms with van der Waals surface area (Å²) in [4.78, 5) is 16.4. The highest BCUT2D eigenvalue weighted by atomic mass is 32.2. The van der Waals surface area contributed by atoms with Crippen molar-refractivity contribution in [2.45, 2.75) is 18.9 Å². The third-order valence-electron chi connectivity index (χ3n) is 4.30. The van der Waals surface area contributed by atoms with Crippen LogP contribution in [0.1, 0.15) is 12.3 Å². The second-order valence-electron chi connectivity index (χ2n) is 6.52. The molecule has 148 valence electrons. The first-order chi connectivity index (χ1) is 12.8. The van der Waals surface area contributed by atoms with Crippen molar-refractivity contribution in [3.63, 3.8) is 0 Å². The van der Waals surface area contributed by atoms with E-state index in [2.05, 4.69) is 15.5 Å². The van der Waals surface area contributed by atoms with Crippen LogP contribution in [0.3, 0.4) is 0 Å². The summed E-state index contributed by atoms with van der Waals surface area (Å²) in [7, 11) is -0.392. The van der Waals surface area contributed by atoms with Crippen LogP contribution < -0.4 is 5.32 Å². The quantitative estimate of drug-likeness (QED) is 0.672. The second-order valence-corrected chi connectivity index (χ2v) is 8.75. The van der Waals surface area contributed by atoms with Gasteiger partial charge in [-0.05, 0) is 12.1 Å². The summed E-state index contributed by atoms with van der Waals surface area (Å²) < 4.78 is 40.9. The number of carbonyl (C=O) groups is 1. The highest BCUT2D eigenvalue weighted by Crippen LogP contribution is 2.18. The van der Waals surface area contributed by atoms with Crippen molar-refractivity contribution in [2.75, 3.05) is 33.1 Å². The summed E-state index contributed by atoms with van der Waals surface area (Å²) in [5.74, 6) is 0.564. The number of amides is 1.